The predicted molar refractivity (Wildman–Crippen MR) is 117 cm³/mol. The van der Waals surface area contributed by atoms with Gasteiger partial charge in [-0.15, -0.1) is 0 Å². The number of halogens is 1. The summed E-state index contributed by atoms with van der Waals surface area (Å²) in [7, 11) is 4.69. The van der Waals surface area contributed by atoms with Crippen LogP contribution >= 0.6 is 0 Å². The Bertz CT molecular complexity index is 982. The molecule has 2 aromatic rings. The van der Waals surface area contributed by atoms with E-state index >= 15 is 0 Å². The summed E-state index contributed by atoms with van der Waals surface area (Å²) >= 11 is 0. The van der Waals surface area contributed by atoms with Crippen molar-refractivity contribution in [3.8, 4) is 5.75 Å². The van der Waals surface area contributed by atoms with E-state index in [9.17, 15) is 14.0 Å². The highest BCUT2D eigenvalue weighted by atomic mass is 19.1. The zero-order valence-corrected chi connectivity index (χ0v) is 18.5. The van der Waals surface area contributed by atoms with Crippen LogP contribution in [0.5, 0.6) is 5.75 Å². The summed E-state index contributed by atoms with van der Waals surface area (Å²) < 4.78 is 29.9. The number of rotatable bonds is 11. The molecule has 170 valence electrons. The number of imide groups is 1. The molecule has 7 nitrogen and oxygen atoms in total. The molecule has 2 amide bonds. The van der Waals surface area contributed by atoms with Crippen molar-refractivity contribution in [1.82, 2.24) is 9.80 Å². The van der Waals surface area contributed by atoms with E-state index in [0.29, 0.717) is 37.6 Å². The Morgan fingerprint density at radius 1 is 0.875 bits per heavy atom. The van der Waals surface area contributed by atoms with Crippen LogP contribution in [0.2, 0.25) is 0 Å². The van der Waals surface area contributed by atoms with Crippen LogP contribution in [0.3, 0.4) is 0 Å². The van der Waals surface area contributed by atoms with Crippen molar-refractivity contribution in [3.05, 3.63) is 71.2 Å². The third-order valence-electron chi connectivity index (χ3n) is 5.26. The minimum absolute atomic E-state index is 0.157. The summed E-state index contributed by atoms with van der Waals surface area (Å²) in [6.07, 6.45) is 0. The number of hydrogen-bond donors (Lipinski definition) is 0. The molecule has 0 N–H and O–H groups in total. The molecule has 0 saturated heterocycles. The van der Waals surface area contributed by atoms with E-state index in [2.05, 4.69) is 0 Å². The molecule has 0 unspecified atom stereocenters. The quantitative estimate of drug-likeness (QED) is 0.499. The van der Waals surface area contributed by atoms with Gasteiger partial charge in [0.05, 0.1) is 32.4 Å². The lowest BCUT2D eigenvalue weighted by Crippen LogP contribution is -2.37. The van der Waals surface area contributed by atoms with Crippen LogP contribution < -0.4 is 4.74 Å². The fourth-order valence-electron chi connectivity index (χ4n) is 3.55. The van der Waals surface area contributed by atoms with Crippen LogP contribution in [0.1, 0.15) is 11.1 Å². The van der Waals surface area contributed by atoms with Gasteiger partial charge < -0.3 is 19.1 Å². The molecule has 0 bridgehead atoms. The first-order chi connectivity index (χ1) is 15.5. The van der Waals surface area contributed by atoms with Crippen LogP contribution in [-0.4, -0.2) is 69.2 Å². The monoisotopic (exact) mass is 442 g/mol. The topological polar surface area (TPSA) is 68.3 Å². The lowest BCUT2D eigenvalue weighted by molar-refractivity contribution is -0.138. The summed E-state index contributed by atoms with van der Waals surface area (Å²) in [6.45, 7) is 1.34. The molecule has 1 aliphatic heterocycles. The van der Waals surface area contributed by atoms with Crippen molar-refractivity contribution >= 4 is 17.4 Å². The van der Waals surface area contributed by atoms with Crippen LogP contribution in [0.15, 0.2) is 54.2 Å². The molecular weight excluding hydrogens is 415 g/mol. The van der Waals surface area contributed by atoms with Crippen molar-refractivity contribution < 1.29 is 28.2 Å². The van der Waals surface area contributed by atoms with E-state index in [1.165, 1.54) is 6.07 Å². The Kier molecular flexibility index (Phi) is 7.97. The van der Waals surface area contributed by atoms with Crippen LogP contribution in [0, 0.1) is 5.82 Å². The van der Waals surface area contributed by atoms with Crippen LogP contribution in [-0.2, 0) is 25.6 Å². The van der Waals surface area contributed by atoms with Gasteiger partial charge >= 0.3 is 0 Å². The molecule has 0 radical (unpaired) electrons. The average Bonchev–Trinajstić information content (AvgIpc) is 3.05. The number of carbonyl (C=O) groups is 2. The number of ether oxygens (including phenoxy) is 3. The second-order valence-electron chi connectivity index (χ2n) is 7.21. The van der Waals surface area contributed by atoms with E-state index < -0.39 is 17.6 Å². The summed E-state index contributed by atoms with van der Waals surface area (Å²) in [5, 5.41) is 0. The highest BCUT2D eigenvalue weighted by Crippen LogP contribution is 2.33. The number of nitrogens with zero attached hydrogens (tertiary/aromatic N) is 2. The fraction of sp³-hybridized carbons (Fsp3) is 0.333. The predicted octanol–water partition coefficient (Wildman–Crippen LogP) is 2.71. The van der Waals surface area contributed by atoms with Crippen molar-refractivity contribution in [2.75, 3.05) is 47.6 Å². The Morgan fingerprint density at radius 3 is 2.06 bits per heavy atom. The standard InChI is InChI=1S/C24H27FN2O5/c1-30-14-12-26(13-15-31-2)22-21(17-8-10-19(32-3)11-9-17)23(28)27(24(22)29)16-18-6-4-5-7-20(18)25/h4-11H,12-16H2,1-3H3. The number of amides is 2. The van der Waals surface area contributed by atoms with Gasteiger partial charge in [0, 0.05) is 32.9 Å². The van der Waals surface area contributed by atoms with Crippen LogP contribution in [0.25, 0.3) is 5.57 Å². The number of methoxy groups -OCH3 is 3. The minimum atomic E-state index is -0.476. The summed E-state index contributed by atoms with van der Waals surface area (Å²) in [5.74, 6) is -0.788. The lowest BCUT2D eigenvalue weighted by Gasteiger charge is -2.25. The third-order valence-corrected chi connectivity index (χ3v) is 5.26. The third kappa shape index (κ3) is 4.98. The molecule has 2 aromatic carbocycles. The van der Waals surface area contributed by atoms with Gasteiger partial charge in [-0.2, -0.15) is 0 Å². The maximum Gasteiger partial charge on any atom is 0.278 e. The van der Waals surface area contributed by atoms with Crippen molar-refractivity contribution in [2.24, 2.45) is 0 Å². The van der Waals surface area contributed by atoms with Crippen molar-refractivity contribution in [3.63, 3.8) is 0 Å². The normalized spacial score (nSPS) is 13.8. The highest BCUT2D eigenvalue weighted by molar-refractivity contribution is 6.35. The van der Waals surface area contributed by atoms with E-state index in [1.54, 1.807) is 68.7 Å². The molecule has 0 aliphatic carbocycles. The van der Waals surface area contributed by atoms with E-state index in [0.717, 1.165) is 4.90 Å². The first-order valence-electron chi connectivity index (χ1n) is 10.2. The van der Waals surface area contributed by atoms with Crippen LogP contribution in [0.4, 0.5) is 4.39 Å². The fourth-order valence-corrected chi connectivity index (χ4v) is 3.55. The van der Waals surface area contributed by atoms with Gasteiger partial charge in [0.1, 0.15) is 17.3 Å². The summed E-state index contributed by atoms with van der Waals surface area (Å²) in [5.41, 5.74) is 1.37. The Labute approximate surface area is 187 Å². The first kappa shape index (κ1) is 23.4. The first-order valence-corrected chi connectivity index (χ1v) is 10.2. The second kappa shape index (κ2) is 10.9. The molecule has 0 spiro atoms. The molecule has 0 fully saturated rings. The Morgan fingerprint density at radius 2 is 1.50 bits per heavy atom. The molecule has 8 heteroatoms. The lowest BCUT2D eigenvalue weighted by atomic mass is 10.0. The molecule has 1 aliphatic rings. The SMILES string of the molecule is COCCN(CCOC)C1=C(c2ccc(OC)cc2)C(=O)N(Cc2ccccc2F)C1=O. The van der Waals surface area contributed by atoms with Gasteiger partial charge in [-0.1, -0.05) is 30.3 Å². The molecule has 1 heterocycles. The summed E-state index contributed by atoms with van der Waals surface area (Å²) in [6, 6.07) is 13.0. The van der Waals surface area contributed by atoms with Crippen molar-refractivity contribution in [1.29, 1.82) is 0 Å². The van der Waals surface area contributed by atoms with Gasteiger partial charge in [-0.05, 0) is 23.8 Å². The zero-order valence-electron chi connectivity index (χ0n) is 18.5. The number of hydrogen-bond acceptors (Lipinski definition) is 6. The largest absolute Gasteiger partial charge is 0.497 e. The smallest absolute Gasteiger partial charge is 0.278 e. The number of benzene rings is 2. The van der Waals surface area contributed by atoms with Gasteiger partial charge in [0.25, 0.3) is 11.8 Å². The molecule has 32 heavy (non-hydrogen) atoms. The molecule has 0 saturated carbocycles. The van der Waals surface area contributed by atoms with E-state index in [1.807, 2.05) is 0 Å². The summed E-state index contributed by atoms with van der Waals surface area (Å²) in [4.78, 5) is 29.8. The van der Waals surface area contributed by atoms with Gasteiger partial charge in [-0.25, -0.2) is 4.39 Å². The zero-order chi connectivity index (χ0) is 23.1. The second-order valence-corrected chi connectivity index (χ2v) is 7.21. The number of carbonyl (C=O) groups excluding carboxylic acids is 2. The minimum Gasteiger partial charge on any atom is -0.497 e. The molecule has 0 atom stereocenters. The maximum atomic E-state index is 14.3. The molecule has 3 rings (SSSR count). The van der Waals surface area contributed by atoms with E-state index in [4.69, 9.17) is 14.2 Å². The molecular formula is C24H27FN2O5. The van der Waals surface area contributed by atoms with Gasteiger partial charge in [0.2, 0.25) is 0 Å². The maximum absolute atomic E-state index is 14.3. The van der Waals surface area contributed by atoms with Gasteiger partial charge in [-0.3, -0.25) is 14.5 Å². The molecule has 0 aromatic heterocycles. The Balaban J connectivity index is 2.05. The van der Waals surface area contributed by atoms with Gasteiger partial charge in [0.15, 0.2) is 0 Å². The highest BCUT2D eigenvalue weighted by Gasteiger charge is 2.41. The van der Waals surface area contributed by atoms with E-state index in [-0.39, 0.29) is 23.4 Å². The Hall–Kier alpha value is -3.23. The average molecular weight is 442 g/mol. The van der Waals surface area contributed by atoms with Crippen molar-refractivity contribution in [2.45, 2.75) is 6.54 Å².